The van der Waals surface area contributed by atoms with Crippen molar-refractivity contribution in [1.29, 1.82) is 0 Å². The SMILES string of the molecule is COc1c(C)cnc(CN=C(N(C)C)N(C)C)c1C. The van der Waals surface area contributed by atoms with Crippen molar-refractivity contribution in [2.75, 3.05) is 35.3 Å². The van der Waals surface area contributed by atoms with E-state index in [1.807, 2.05) is 58.0 Å². The fourth-order valence-corrected chi connectivity index (χ4v) is 2.06. The van der Waals surface area contributed by atoms with Gasteiger partial charge < -0.3 is 14.5 Å². The van der Waals surface area contributed by atoms with Crippen molar-refractivity contribution in [2.45, 2.75) is 20.4 Å². The van der Waals surface area contributed by atoms with Gasteiger partial charge in [0, 0.05) is 45.5 Å². The minimum Gasteiger partial charge on any atom is -0.496 e. The molecule has 0 spiro atoms. The van der Waals surface area contributed by atoms with Crippen LogP contribution >= 0.6 is 0 Å². The average Bonchev–Trinajstić information content (AvgIpc) is 2.31. The van der Waals surface area contributed by atoms with Gasteiger partial charge in [-0.2, -0.15) is 0 Å². The zero-order valence-electron chi connectivity index (χ0n) is 13.0. The van der Waals surface area contributed by atoms with Crippen LogP contribution in [0, 0.1) is 13.8 Å². The quantitative estimate of drug-likeness (QED) is 0.615. The van der Waals surface area contributed by atoms with Gasteiger partial charge in [0.25, 0.3) is 0 Å². The second-order valence-electron chi connectivity index (χ2n) is 4.95. The van der Waals surface area contributed by atoms with E-state index in [1.165, 1.54) is 0 Å². The normalized spacial score (nSPS) is 10.1. The Balaban J connectivity index is 3.03. The van der Waals surface area contributed by atoms with Crippen LogP contribution in [-0.2, 0) is 6.54 Å². The third-order valence-electron chi connectivity index (χ3n) is 2.92. The van der Waals surface area contributed by atoms with Gasteiger partial charge >= 0.3 is 0 Å². The number of aliphatic imine (C=N–C) groups is 1. The Morgan fingerprint density at radius 3 is 2.26 bits per heavy atom. The van der Waals surface area contributed by atoms with Crippen LogP contribution in [0.5, 0.6) is 5.75 Å². The summed E-state index contributed by atoms with van der Waals surface area (Å²) in [6, 6.07) is 0. The van der Waals surface area contributed by atoms with Crippen LogP contribution in [0.4, 0.5) is 0 Å². The molecule has 1 heterocycles. The monoisotopic (exact) mass is 264 g/mol. The topological polar surface area (TPSA) is 41.0 Å². The number of rotatable bonds is 3. The van der Waals surface area contributed by atoms with Crippen LogP contribution in [0.15, 0.2) is 11.2 Å². The Bertz CT molecular complexity index is 457. The van der Waals surface area contributed by atoms with Crippen LogP contribution in [0.3, 0.4) is 0 Å². The molecule has 0 aliphatic rings. The van der Waals surface area contributed by atoms with Crippen molar-refractivity contribution in [3.8, 4) is 5.75 Å². The smallest absolute Gasteiger partial charge is 0.195 e. The standard InChI is InChI=1S/C14H24N4O/c1-10-8-15-12(11(2)13(10)19-7)9-16-14(17(3)4)18(5)6/h8H,9H2,1-7H3. The fraction of sp³-hybridized carbons (Fsp3) is 0.571. The van der Waals surface area contributed by atoms with E-state index >= 15 is 0 Å². The highest BCUT2D eigenvalue weighted by Gasteiger charge is 2.10. The van der Waals surface area contributed by atoms with E-state index in [9.17, 15) is 0 Å². The van der Waals surface area contributed by atoms with E-state index in [2.05, 4.69) is 9.98 Å². The molecule has 5 heteroatoms. The molecule has 0 saturated heterocycles. The Labute approximate surface area is 115 Å². The van der Waals surface area contributed by atoms with E-state index in [0.29, 0.717) is 6.54 Å². The van der Waals surface area contributed by atoms with Crippen molar-refractivity contribution in [1.82, 2.24) is 14.8 Å². The Kier molecular flexibility index (Phi) is 5.15. The maximum Gasteiger partial charge on any atom is 0.195 e. The molecule has 0 radical (unpaired) electrons. The number of aromatic nitrogens is 1. The summed E-state index contributed by atoms with van der Waals surface area (Å²) in [4.78, 5) is 13.0. The number of aryl methyl sites for hydroxylation is 1. The molecule has 1 rings (SSSR count). The average molecular weight is 264 g/mol. The van der Waals surface area contributed by atoms with Crippen LogP contribution in [0.1, 0.15) is 16.8 Å². The molecule has 0 bridgehead atoms. The predicted molar refractivity (Wildman–Crippen MR) is 78.8 cm³/mol. The van der Waals surface area contributed by atoms with E-state index in [1.54, 1.807) is 7.11 Å². The zero-order chi connectivity index (χ0) is 14.6. The molecule has 1 aromatic heterocycles. The van der Waals surface area contributed by atoms with Crippen molar-refractivity contribution in [3.63, 3.8) is 0 Å². The minimum atomic E-state index is 0.550. The summed E-state index contributed by atoms with van der Waals surface area (Å²) >= 11 is 0. The lowest BCUT2D eigenvalue weighted by Crippen LogP contribution is -2.35. The Morgan fingerprint density at radius 2 is 1.79 bits per heavy atom. The summed E-state index contributed by atoms with van der Waals surface area (Å²) in [5.41, 5.74) is 3.06. The van der Waals surface area contributed by atoms with Crippen molar-refractivity contribution in [3.05, 3.63) is 23.0 Å². The highest BCUT2D eigenvalue weighted by molar-refractivity contribution is 5.79. The molecule has 0 amide bonds. The molecule has 0 aliphatic heterocycles. The number of hydrogen-bond acceptors (Lipinski definition) is 3. The molecule has 19 heavy (non-hydrogen) atoms. The largest absolute Gasteiger partial charge is 0.496 e. The van der Waals surface area contributed by atoms with E-state index < -0.39 is 0 Å². The molecule has 0 atom stereocenters. The number of ether oxygens (including phenoxy) is 1. The first-order valence-corrected chi connectivity index (χ1v) is 6.26. The van der Waals surface area contributed by atoms with Gasteiger partial charge in [-0.1, -0.05) is 0 Å². The Morgan fingerprint density at radius 1 is 1.21 bits per heavy atom. The van der Waals surface area contributed by atoms with Gasteiger partial charge in [-0.15, -0.1) is 0 Å². The van der Waals surface area contributed by atoms with Gasteiger partial charge in [0.15, 0.2) is 5.96 Å². The molecule has 0 aliphatic carbocycles. The van der Waals surface area contributed by atoms with Gasteiger partial charge in [0.05, 0.1) is 19.3 Å². The summed E-state index contributed by atoms with van der Waals surface area (Å²) in [7, 11) is 9.61. The third-order valence-corrected chi connectivity index (χ3v) is 2.92. The number of guanidine groups is 1. The zero-order valence-corrected chi connectivity index (χ0v) is 13.0. The van der Waals surface area contributed by atoms with Crippen molar-refractivity contribution in [2.24, 2.45) is 4.99 Å². The molecular weight excluding hydrogens is 240 g/mol. The van der Waals surface area contributed by atoms with Gasteiger partial charge in [0.2, 0.25) is 0 Å². The molecule has 0 saturated carbocycles. The van der Waals surface area contributed by atoms with E-state index in [-0.39, 0.29) is 0 Å². The minimum absolute atomic E-state index is 0.550. The van der Waals surface area contributed by atoms with Crippen LogP contribution in [-0.4, -0.2) is 56.0 Å². The first kappa shape index (κ1) is 15.3. The van der Waals surface area contributed by atoms with Gasteiger partial charge in [-0.3, -0.25) is 4.98 Å². The lowest BCUT2D eigenvalue weighted by Gasteiger charge is -2.22. The summed E-state index contributed by atoms with van der Waals surface area (Å²) < 4.78 is 5.41. The molecular formula is C14H24N4O. The third kappa shape index (κ3) is 3.59. The van der Waals surface area contributed by atoms with Crippen molar-refractivity contribution < 1.29 is 4.74 Å². The van der Waals surface area contributed by atoms with Crippen LogP contribution in [0.2, 0.25) is 0 Å². The molecule has 0 fully saturated rings. The highest BCUT2D eigenvalue weighted by Crippen LogP contribution is 2.24. The molecule has 106 valence electrons. The van der Waals surface area contributed by atoms with Gasteiger partial charge in [-0.25, -0.2) is 4.99 Å². The summed E-state index contributed by atoms with van der Waals surface area (Å²) in [5.74, 6) is 1.82. The molecule has 5 nitrogen and oxygen atoms in total. The number of pyridine rings is 1. The van der Waals surface area contributed by atoms with Crippen LogP contribution in [0.25, 0.3) is 0 Å². The van der Waals surface area contributed by atoms with Gasteiger partial charge in [0.1, 0.15) is 5.75 Å². The number of methoxy groups -OCH3 is 1. The van der Waals surface area contributed by atoms with Crippen molar-refractivity contribution >= 4 is 5.96 Å². The second-order valence-corrected chi connectivity index (χ2v) is 4.95. The van der Waals surface area contributed by atoms with Gasteiger partial charge in [-0.05, 0) is 13.8 Å². The van der Waals surface area contributed by atoms with E-state index in [0.717, 1.165) is 28.5 Å². The number of hydrogen-bond donors (Lipinski definition) is 0. The molecule has 0 N–H and O–H groups in total. The predicted octanol–water partition coefficient (Wildman–Crippen LogP) is 1.69. The lowest BCUT2D eigenvalue weighted by atomic mass is 10.1. The lowest BCUT2D eigenvalue weighted by molar-refractivity contribution is 0.407. The fourth-order valence-electron chi connectivity index (χ4n) is 2.06. The summed E-state index contributed by atoms with van der Waals surface area (Å²) in [6.07, 6.45) is 1.84. The number of nitrogens with zero attached hydrogens (tertiary/aromatic N) is 4. The molecule has 0 aromatic carbocycles. The maximum atomic E-state index is 5.41. The molecule has 0 unspecified atom stereocenters. The maximum absolute atomic E-state index is 5.41. The van der Waals surface area contributed by atoms with E-state index in [4.69, 9.17) is 4.74 Å². The summed E-state index contributed by atoms with van der Waals surface area (Å²) in [5, 5.41) is 0. The Hall–Kier alpha value is -1.78. The highest BCUT2D eigenvalue weighted by atomic mass is 16.5. The molecule has 1 aromatic rings. The summed E-state index contributed by atoms with van der Waals surface area (Å²) in [6.45, 7) is 4.57. The first-order valence-electron chi connectivity index (χ1n) is 6.26. The first-order chi connectivity index (χ1) is 8.88. The second kappa shape index (κ2) is 6.41. The van der Waals surface area contributed by atoms with Crippen LogP contribution < -0.4 is 4.74 Å².